The summed E-state index contributed by atoms with van der Waals surface area (Å²) in [7, 11) is -3.97. The minimum Gasteiger partial charge on any atom is -0.489 e. The molecule has 0 aliphatic carbocycles. The zero-order valence-electron chi connectivity index (χ0n) is 21.2. The van der Waals surface area contributed by atoms with E-state index in [1.807, 2.05) is 68.4 Å². The van der Waals surface area contributed by atoms with Crippen LogP contribution in [0.4, 0.5) is 5.69 Å². The van der Waals surface area contributed by atoms with Crippen molar-refractivity contribution in [3.63, 3.8) is 0 Å². The van der Waals surface area contributed by atoms with Crippen molar-refractivity contribution in [1.82, 2.24) is 5.43 Å². The molecule has 4 rings (SSSR count). The molecule has 0 saturated carbocycles. The molecule has 4 aromatic rings. The van der Waals surface area contributed by atoms with Crippen LogP contribution in [-0.4, -0.2) is 27.1 Å². The summed E-state index contributed by atoms with van der Waals surface area (Å²) in [5, 5.41) is 4.01. The van der Waals surface area contributed by atoms with E-state index in [0.29, 0.717) is 18.0 Å². The Hall–Kier alpha value is -4.43. The van der Waals surface area contributed by atoms with E-state index in [0.717, 1.165) is 21.0 Å². The Bertz CT molecular complexity index is 1500. The Morgan fingerprint density at radius 1 is 0.868 bits per heavy atom. The highest BCUT2D eigenvalue weighted by molar-refractivity contribution is 7.92. The van der Waals surface area contributed by atoms with Gasteiger partial charge >= 0.3 is 0 Å². The van der Waals surface area contributed by atoms with Crippen molar-refractivity contribution >= 4 is 27.8 Å². The summed E-state index contributed by atoms with van der Waals surface area (Å²) in [6.45, 7) is 3.94. The van der Waals surface area contributed by atoms with Crippen LogP contribution in [0, 0.1) is 13.8 Å². The van der Waals surface area contributed by atoms with E-state index < -0.39 is 22.5 Å². The highest BCUT2D eigenvalue weighted by Crippen LogP contribution is 2.24. The number of anilines is 1. The fourth-order valence-electron chi connectivity index (χ4n) is 3.66. The fourth-order valence-corrected chi connectivity index (χ4v) is 5.10. The Morgan fingerprint density at radius 2 is 1.58 bits per heavy atom. The number of carbonyl (C=O) groups is 1. The number of nitrogens with zero attached hydrogens (tertiary/aromatic N) is 2. The quantitative estimate of drug-likeness (QED) is 0.226. The highest BCUT2D eigenvalue weighted by Gasteiger charge is 2.27. The second-order valence-electron chi connectivity index (χ2n) is 8.80. The van der Waals surface area contributed by atoms with Gasteiger partial charge in [0.25, 0.3) is 15.9 Å². The molecule has 0 aromatic heterocycles. The van der Waals surface area contributed by atoms with Gasteiger partial charge in [0.2, 0.25) is 0 Å². The summed E-state index contributed by atoms with van der Waals surface area (Å²) in [4.78, 5) is 12.8. The van der Waals surface area contributed by atoms with Gasteiger partial charge in [-0.15, -0.1) is 0 Å². The Labute approximate surface area is 223 Å². The van der Waals surface area contributed by atoms with Crippen LogP contribution in [0.15, 0.2) is 113 Å². The number of hydrazone groups is 1. The zero-order chi connectivity index (χ0) is 27.0. The van der Waals surface area contributed by atoms with Gasteiger partial charge in [-0.3, -0.25) is 9.10 Å². The summed E-state index contributed by atoms with van der Waals surface area (Å²) in [6, 6.07) is 30.5. The Kier molecular flexibility index (Phi) is 8.55. The van der Waals surface area contributed by atoms with Crippen LogP contribution >= 0.6 is 0 Å². The number of benzene rings is 4. The average molecular weight is 528 g/mol. The molecule has 0 saturated heterocycles. The molecule has 0 atom stereocenters. The van der Waals surface area contributed by atoms with Crippen LogP contribution in [0.5, 0.6) is 5.75 Å². The van der Waals surface area contributed by atoms with Crippen LogP contribution in [0.25, 0.3) is 0 Å². The van der Waals surface area contributed by atoms with Gasteiger partial charge in [0.1, 0.15) is 18.9 Å². The number of rotatable bonds is 10. The summed E-state index contributed by atoms with van der Waals surface area (Å²) in [5.74, 6) is 0.145. The summed E-state index contributed by atoms with van der Waals surface area (Å²) >= 11 is 0. The maximum atomic E-state index is 13.4. The standard InChI is InChI=1S/C30H29N3O4S/c1-23-11-13-26(14-12-23)22-37-28-17-15-25(16-18-28)20-31-32-30(34)21-33(27-8-6-7-24(2)19-27)38(35,36)29-9-4-3-5-10-29/h3-20H,21-22H2,1-2H3,(H,32,34)/b31-20-. The van der Waals surface area contributed by atoms with Crippen molar-refractivity contribution in [2.24, 2.45) is 5.10 Å². The summed E-state index contributed by atoms with van der Waals surface area (Å²) < 4.78 is 33.6. The SMILES string of the molecule is Cc1ccc(COc2ccc(/C=N\NC(=O)CN(c3cccc(C)c3)S(=O)(=O)c3ccccc3)cc2)cc1. The number of carbonyl (C=O) groups excluding carboxylic acids is 1. The van der Waals surface area contributed by atoms with Gasteiger partial charge in [-0.05, 0) is 79.1 Å². The predicted octanol–water partition coefficient (Wildman–Crippen LogP) is 5.23. The third-order valence-corrected chi connectivity index (χ3v) is 7.51. The van der Waals surface area contributed by atoms with Gasteiger partial charge in [-0.1, -0.05) is 60.2 Å². The normalized spacial score (nSPS) is 11.3. The molecular formula is C30H29N3O4S. The molecule has 38 heavy (non-hydrogen) atoms. The highest BCUT2D eigenvalue weighted by atomic mass is 32.2. The summed E-state index contributed by atoms with van der Waals surface area (Å²) in [6.07, 6.45) is 1.49. The van der Waals surface area contributed by atoms with E-state index in [9.17, 15) is 13.2 Å². The number of ether oxygens (including phenoxy) is 1. The van der Waals surface area contributed by atoms with Crippen molar-refractivity contribution < 1.29 is 17.9 Å². The molecule has 0 bridgehead atoms. The lowest BCUT2D eigenvalue weighted by molar-refractivity contribution is -0.119. The number of hydrogen-bond donors (Lipinski definition) is 1. The van der Waals surface area contributed by atoms with Gasteiger partial charge in [0, 0.05) is 0 Å². The Balaban J connectivity index is 1.39. The second kappa shape index (κ2) is 12.2. The van der Waals surface area contributed by atoms with E-state index >= 15 is 0 Å². The molecule has 0 unspecified atom stereocenters. The van der Waals surface area contributed by atoms with Crippen LogP contribution < -0.4 is 14.5 Å². The van der Waals surface area contributed by atoms with Gasteiger partial charge in [0.15, 0.2) is 0 Å². The first-order valence-corrected chi connectivity index (χ1v) is 13.5. The van der Waals surface area contributed by atoms with E-state index in [-0.39, 0.29) is 4.90 Å². The second-order valence-corrected chi connectivity index (χ2v) is 10.7. The lowest BCUT2D eigenvalue weighted by Crippen LogP contribution is -2.39. The first kappa shape index (κ1) is 26.6. The molecule has 0 aliphatic rings. The van der Waals surface area contributed by atoms with Crippen LogP contribution in [-0.2, 0) is 21.4 Å². The van der Waals surface area contributed by atoms with Crippen molar-refractivity contribution in [1.29, 1.82) is 0 Å². The smallest absolute Gasteiger partial charge is 0.264 e. The lowest BCUT2D eigenvalue weighted by atomic mass is 10.2. The molecule has 0 radical (unpaired) electrons. The molecule has 194 valence electrons. The third-order valence-electron chi connectivity index (χ3n) is 5.72. The van der Waals surface area contributed by atoms with Crippen LogP contribution in [0.3, 0.4) is 0 Å². The molecule has 4 aromatic carbocycles. The molecule has 1 N–H and O–H groups in total. The molecule has 0 spiro atoms. The van der Waals surface area contributed by atoms with E-state index in [2.05, 4.69) is 10.5 Å². The maximum absolute atomic E-state index is 13.4. The topological polar surface area (TPSA) is 88.1 Å². The number of aryl methyl sites for hydroxylation is 2. The average Bonchev–Trinajstić information content (AvgIpc) is 2.92. The fraction of sp³-hybridized carbons (Fsp3) is 0.133. The van der Waals surface area contributed by atoms with Crippen molar-refractivity contribution in [2.45, 2.75) is 25.3 Å². The first-order chi connectivity index (χ1) is 18.3. The molecule has 0 aliphatic heterocycles. The van der Waals surface area contributed by atoms with Gasteiger partial charge < -0.3 is 4.74 Å². The van der Waals surface area contributed by atoms with E-state index in [1.54, 1.807) is 36.4 Å². The number of nitrogens with one attached hydrogen (secondary N) is 1. The third kappa shape index (κ3) is 7.08. The minimum absolute atomic E-state index is 0.0995. The molecule has 7 nitrogen and oxygen atoms in total. The Morgan fingerprint density at radius 3 is 2.26 bits per heavy atom. The monoisotopic (exact) mass is 527 g/mol. The van der Waals surface area contributed by atoms with Gasteiger partial charge in [-0.25, -0.2) is 13.8 Å². The first-order valence-electron chi connectivity index (χ1n) is 12.1. The molecule has 1 amide bonds. The van der Waals surface area contributed by atoms with Crippen molar-refractivity contribution in [3.05, 3.63) is 125 Å². The predicted molar refractivity (Wildman–Crippen MR) is 150 cm³/mol. The van der Waals surface area contributed by atoms with Crippen LogP contribution in [0.1, 0.15) is 22.3 Å². The largest absolute Gasteiger partial charge is 0.489 e. The minimum atomic E-state index is -3.97. The zero-order valence-corrected chi connectivity index (χ0v) is 22.1. The van der Waals surface area contributed by atoms with E-state index in [4.69, 9.17) is 4.74 Å². The molecule has 8 heteroatoms. The molecular weight excluding hydrogens is 498 g/mol. The van der Waals surface area contributed by atoms with Crippen molar-refractivity contribution in [2.75, 3.05) is 10.8 Å². The number of sulfonamides is 1. The lowest BCUT2D eigenvalue weighted by Gasteiger charge is -2.24. The molecule has 0 heterocycles. The maximum Gasteiger partial charge on any atom is 0.264 e. The summed E-state index contributed by atoms with van der Waals surface area (Å²) in [5.41, 5.74) is 6.73. The number of amides is 1. The van der Waals surface area contributed by atoms with Gasteiger partial charge in [0.05, 0.1) is 16.8 Å². The van der Waals surface area contributed by atoms with Gasteiger partial charge in [-0.2, -0.15) is 5.10 Å². The number of hydrogen-bond acceptors (Lipinski definition) is 5. The molecule has 0 fully saturated rings. The van der Waals surface area contributed by atoms with Crippen LogP contribution in [0.2, 0.25) is 0 Å². The van der Waals surface area contributed by atoms with E-state index in [1.165, 1.54) is 23.9 Å². The van der Waals surface area contributed by atoms with Crippen molar-refractivity contribution in [3.8, 4) is 5.75 Å².